The summed E-state index contributed by atoms with van der Waals surface area (Å²) in [6, 6.07) is 81.0. The minimum Gasteiger partial charge on any atom is -0.309 e. The molecule has 0 saturated heterocycles. The van der Waals surface area contributed by atoms with Crippen LogP contribution in [0, 0.1) is 0 Å². The molecule has 0 amide bonds. The first-order chi connectivity index (χ1) is 31.7. The first kappa shape index (κ1) is 36.5. The average molecular weight is 832 g/mol. The standard InChI is InChI=1S/C60H37N3S/c1-3-13-38(14-4-1)40-25-27-42(28-26-40)60-61-53-33-31-46(37-52(53)58(62-60)45-19-11-18-43(35-45)39-15-5-2-6-16-39)63-54-34-30-41-17-7-8-20-47(41)57(54)51-32-29-44(36-55(51)63)48-22-12-23-50-49-21-9-10-24-56(49)64-59(48)50/h1-37H. The summed E-state index contributed by atoms with van der Waals surface area (Å²) in [5.74, 6) is 0.698. The molecule has 0 aliphatic carbocycles. The van der Waals surface area contributed by atoms with Crippen LogP contribution in [0.2, 0.25) is 0 Å². The van der Waals surface area contributed by atoms with E-state index >= 15 is 0 Å². The molecule has 13 rings (SSSR count). The molecule has 0 radical (unpaired) electrons. The number of benzene rings is 10. The second-order valence-electron chi connectivity index (χ2n) is 16.5. The van der Waals surface area contributed by atoms with Crippen LogP contribution in [0.15, 0.2) is 224 Å². The Hall–Kier alpha value is -8.18. The van der Waals surface area contributed by atoms with Crippen molar-refractivity contribution in [3.05, 3.63) is 224 Å². The molecule has 13 aromatic rings. The van der Waals surface area contributed by atoms with Gasteiger partial charge in [0, 0.05) is 53.1 Å². The molecule has 64 heavy (non-hydrogen) atoms. The largest absolute Gasteiger partial charge is 0.309 e. The molecule has 0 aliphatic rings. The Bertz CT molecular complexity index is 3940. The Balaban J connectivity index is 1.05. The van der Waals surface area contributed by atoms with Gasteiger partial charge in [-0.25, -0.2) is 9.97 Å². The summed E-state index contributed by atoms with van der Waals surface area (Å²) in [6.07, 6.45) is 0. The lowest BCUT2D eigenvalue weighted by Crippen LogP contribution is -1.99. The van der Waals surface area contributed by atoms with Crippen molar-refractivity contribution >= 4 is 75.0 Å². The lowest BCUT2D eigenvalue weighted by molar-refractivity contribution is 1.18. The normalized spacial score (nSPS) is 11.8. The molecule has 3 aromatic heterocycles. The van der Waals surface area contributed by atoms with Gasteiger partial charge in [0.25, 0.3) is 0 Å². The van der Waals surface area contributed by atoms with Crippen molar-refractivity contribution in [2.24, 2.45) is 0 Å². The maximum Gasteiger partial charge on any atom is 0.160 e. The van der Waals surface area contributed by atoms with Crippen molar-refractivity contribution in [3.63, 3.8) is 0 Å². The molecule has 3 heterocycles. The summed E-state index contributed by atoms with van der Waals surface area (Å²) in [5.41, 5.74) is 14.3. The molecule has 0 saturated carbocycles. The van der Waals surface area contributed by atoms with Crippen LogP contribution in [0.5, 0.6) is 0 Å². The van der Waals surface area contributed by atoms with E-state index in [4.69, 9.17) is 9.97 Å². The highest BCUT2D eigenvalue weighted by atomic mass is 32.1. The van der Waals surface area contributed by atoms with Crippen LogP contribution in [0.1, 0.15) is 0 Å². The lowest BCUT2D eigenvalue weighted by atomic mass is 9.99. The topological polar surface area (TPSA) is 30.7 Å². The van der Waals surface area contributed by atoms with Crippen molar-refractivity contribution in [2.45, 2.75) is 0 Å². The molecule has 0 aliphatic heterocycles. The summed E-state index contributed by atoms with van der Waals surface area (Å²) in [6.45, 7) is 0. The molecule has 4 heteroatoms. The molecule has 10 aromatic carbocycles. The molecular formula is C60H37N3S. The monoisotopic (exact) mass is 831 g/mol. The molecule has 0 fully saturated rings. The van der Waals surface area contributed by atoms with Crippen LogP contribution in [-0.4, -0.2) is 14.5 Å². The number of nitrogens with zero attached hydrogens (tertiary/aromatic N) is 3. The zero-order valence-corrected chi connectivity index (χ0v) is 35.4. The van der Waals surface area contributed by atoms with Gasteiger partial charge in [0.1, 0.15) is 0 Å². The van der Waals surface area contributed by atoms with Gasteiger partial charge in [0.15, 0.2) is 5.82 Å². The van der Waals surface area contributed by atoms with Crippen LogP contribution in [-0.2, 0) is 0 Å². The van der Waals surface area contributed by atoms with Gasteiger partial charge in [-0.3, -0.25) is 0 Å². The van der Waals surface area contributed by atoms with Gasteiger partial charge in [-0.05, 0) is 86.6 Å². The summed E-state index contributed by atoms with van der Waals surface area (Å²) < 4.78 is 5.07. The van der Waals surface area contributed by atoms with Crippen LogP contribution in [0.25, 0.3) is 125 Å². The lowest BCUT2D eigenvalue weighted by Gasteiger charge is -2.14. The van der Waals surface area contributed by atoms with E-state index in [1.54, 1.807) is 0 Å². The van der Waals surface area contributed by atoms with E-state index in [1.165, 1.54) is 64.0 Å². The van der Waals surface area contributed by atoms with Crippen LogP contribution < -0.4 is 0 Å². The van der Waals surface area contributed by atoms with Crippen molar-refractivity contribution in [1.29, 1.82) is 0 Å². The minimum atomic E-state index is 0.698. The van der Waals surface area contributed by atoms with E-state index in [2.05, 4.69) is 229 Å². The fourth-order valence-corrected chi connectivity index (χ4v) is 11.0. The third kappa shape index (κ3) is 5.95. The van der Waals surface area contributed by atoms with E-state index in [-0.39, 0.29) is 0 Å². The van der Waals surface area contributed by atoms with Gasteiger partial charge >= 0.3 is 0 Å². The number of thiophene rings is 1. The van der Waals surface area contributed by atoms with Crippen molar-refractivity contribution in [1.82, 2.24) is 14.5 Å². The summed E-state index contributed by atoms with van der Waals surface area (Å²) in [7, 11) is 0. The quantitative estimate of drug-likeness (QED) is 0.167. The van der Waals surface area contributed by atoms with Gasteiger partial charge in [0.05, 0.1) is 22.2 Å². The second-order valence-corrected chi connectivity index (χ2v) is 17.6. The Kier molecular flexibility index (Phi) is 8.40. The second kappa shape index (κ2) is 14.7. The first-order valence-corrected chi connectivity index (χ1v) is 22.5. The Labute approximate surface area is 373 Å². The number of hydrogen-bond donors (Lipinski definition) is 0. The summed E-state index contributed by atoms with van der Waals surface area (Å²) in [4.78, 5) is 10.7. The summed E-state index contributed by atoms with van der Waals surface area (Å²) in [5, 5.41) is 8.55. The molecule has 0 atom stereocenters. The highest BCUT2D eigenvalue weighted by molar-refractivity contribution is 7.26. The fourth-order valence-electron chi connectivity index (χ4n) is 9.73. The van der Waals surface area contributed by atoms with E-state index < -0.39 is 0 Å². The molecule has 0 bridgehead atoms. The molecular weight excluding hydrogens is 795 g/mol. The predicted octanol–water partition coefficient (Wildman–Crippen LogP) is 16.6. The molecule has 0 spiro atoms. The van der Waals surface area contributed by atoms with Gasteiger partial charge in [-0.2, -0.15) is 0 Å². The number of rotatable bonds is 6. The van der Waals surface area contributed by atoms with E-state index in [0.717, 1.165) is 55.6 Å². The smallest absolute Gasteiger partial charge is 0.160 e. The van der Waals surface area contributed by atoms with Gasteiger partial charge in [0.2, 0.25) is 0 Å². The van der Waals surface area contributed by atoms with Gasteiger partial charge in [-0.1, -0.05) is 182 Å². The zero-order chi connectivity index (χ0) is 42.1. The maximum absolute atomic E-state index is 5.45. The van der Waals surface area contributed by atoms with Crippen LogP contribution in [0.3, 0.4) is 0 Å². The predicted molar refractivity (Wildman–Crippen MR) is 271 cm³/mol. The van der Waals surface area contributed by atoms with Crippen LogP contribution >= 0.6 is 11.3 Å². The number of aromatic nitrogens is 3. The third-order valence-electron chi connectivity index (χ3n) is 12.8. The van der Waals surface area contributed by atoms with Gasteiger partial charge < -0.3 is 4.57 Å². The fraction of sp³-hybridized carbons (Fsp3) is 0. The SMILES string of the molecule is c1ccc(-c2ccc(-c3nc(-c4cccc(-c5ccccc5)c4)c4cc(-n5c6cc(-c7cccc8c7sc7ccccc78)ccc6c6c7ccccc7ccc65)ccc4n3)cc2)cc1. The highest BCUT2D eigenvalue weighted by Crippen LogP contribution is 2.44. The summed E-state index contributed by atoms with van der Waals surface area (Å²) >= 11 is 1.87. The zero-order valence-electron chi connectivity index (χ0n) is 34.6. The van der Waals surface area contributed by atoms with Crippen molar-refractivity contribution < 1.29 is 0 Å². The minimum absolute atomic E-state index is 0.698. The maximum atomic E-state index is 5.45. The van der Waals surface area contributed by atoms with E-state index in [1.807, 2.05) is 11.3 Å². The van der Waals surface area contributed by atoms with Crippen molar-refractivity contribution in [3.8, 4) is 61.7 Å². The molecule has 298 valence electrons. The van der Waals surface area contributed by atoms with E-state index in [0.29, 0.717) is 5.82 Å². The van der Waals surface area contributed by atoms with Gasteiger partial charge in [-0.15, -0.1) is 11.3 Å². The Morgan fingerprint density at radius 3 is 1.86 bits per heavy atom. The number of fused-ring (bicyclic) bond motifs is 9. The highest BCUT2D eigenvalue weighted by Gasteiger charge is 2.20. The number of hydrogen-bond acceptors (Lipinski definition) is 3. The molecule has 3 nitrogen and oxygen atoms in total. The van der Waals surface area contributed by atoms with E-state index in [9.17, 15) is 0 Å². The Morgan fingerprint density at radius 2 is 1.02 bits per heavy atom. The molecule has 0 unspecified atom stereocenters. The van der Waals surface area contributed by atoms with Crippen molar-refractivity contribution in [2.75, 3.05) is 0 Å². The first-order valence-electron chi connectivity index (χ1n) is 21.7. The third-order valence-corrected chi connectivity index (χ3v) is 14.0. The van der Waals surface area contributed by atoms with Crippen LogP contribution in [0.4, 0.5) is 0 Å². The average Bonchev–Trinajstić information content (AvgIpc) is 3.92. The molecule has 0 N–H and O–H groups in total. The Morgan fingerprint density at radius 1 is 0.359 bits per heavy atom.